The lowest BCUT2D eigenvalue weighted by Gasteiger charge is -2.33. The van der Waals surface area contributed by atoms with Gasteiger partial charge in [0.05, 0.1) is 9.79 Å². The monoisotopic (exact) mass is 466 g/mol. The molecule has 1 fully saturated rings. The molecular weight excluding hydrogens is 444 g/mol. The van der Waals surface area contributed by atoms with Gasteiger partial charge in [0.2, 0.25) is 20.0 Å². The highest BCUT2D eigenvalue weighted by Crippen LogP contribution is 2.29. The van der Waals surface area contributed by atoms with Crippen molar-refractivity contribution in [2.45, 2.75) is 9.79 Å². The second-order valence-corrected chi connectivity index (χ2v) is 11.6. The number of sulfonamides is 2. The van der Waals surface area contributed by atoms with Gasteiger partial charge in [-0.3, -0.25) is 0 Å². The first-order valence-electron chi connectivity index (χ1n) is 10.3. The zero-order valence-corrected chi connectivity index (χ0v) is 18.9. The molecule has 0 unspecified atom stereocenters. The van der Waals surface area contributed by atoms with Crippen molar-refractivity contribution in [1.29, 1.82) is 0 Å². The predicted octanol–water partition coefficient (Wildman–Crippen LogP) is 3.69. The van der Waals surface area contributed by atoms with E-state index in [0.29, 0.717) is 10.8 Å². The molecule has 0 aromatic heterocycles. The van der Waals surface area contributed by atoms with Gasteiger partial charge < -0.3 is 0 Å². The van der Waals surface area contributed by atoms with Gasteiger partial charge in [0.1, 0.15) is 0 Å². The van der Waals surface area contributed by atoms with E-state index in [9.17, 15) is 16.8 Å². The van der Waals surface area contributed by atoms with Crippen molar-refractivity contribution in [1.82, 2.24) is 8.61 Å². The molecule has 0 aliphatic carbocycles. The topological polar surface area (TPSA) is 74.8 Å². The van der Waals surface area contributed by atoms with Crippen LogP contribution in [-0.4, -0.2) is 51.6 Å². The molecule has 0 spiro atoms. The largest absolute Gasteiger partial charge is 0.243 e. The molecule has 0 radical (unpaired) electrons. The molecule has 32 heavy (non-hydrogen) atoms. The number of fused-ring (bicyclic) bond motifs is 2. The fourth-order valence-corrected chi connectivity index (χ4v) is 7.54. The fraction of sp³-hybridized carbons (Fsp3) is 0.167. The van der Waals surface area contributed by atoms with Gasteiger partial charge in [-0.05, 0) is 22.9 Å². The zero-order chi connectivity index (χ0) is 22.3. The molecule has 0 bridgehead atoms. The Kier molecular flexibility index (Phi) is 5.25. The van der Waals surface area contributed by atoms with E-state index >= 15 is 0 Å². The Morgan fingerprint density at radius 3 is 1.22 bits per heavy atom. The quantitative estimate of drug-likeness (QED) is 0.460. The van der Waals surface area contributed by atoms with Gasteiger partial charge in [-0.2, -0.15) is 8.61 Å². The average molecular weight is 467 g/mol. The lowest BCUT2D eigenvalue weighted by Crippen LogP contribution is -2.50. The van der Waals surface area contributed by atoms with Crippen molar-refractivity contribution in [2.75, 3.05) is 26.2 Å². The Hall–Kier alpha value is -2.78. The Morgan fingerprint density at radius 2 is 0.812 bits per heavy atom. The summed E-state index contributed by atoms with van der Waals surface area (Å²) < 4.78 is 56.2. The summed E-state index contributed by atoms with van der Waals surface area (Å²) in [6.45, 7) is 0.427. The van der Waals surface area contributed by atoms with Crippen molar-refractivity contribution in [3.8, 4) is 0 Å². The van der Waals surface area contributed by atoms with Crippen LogP contribution >= 0.6 is 0 Å². The Balaban J connectivity index is 1.42. The minimum Gasteiger partial charge on any atom is -0.207 e. The smallest absolute Gasteiger partial charge is 0.207 e. The standard InChI is InChI=1S/C24H22N2O4S2/c27-31(28,23-13-5-9-19-7-1-3-11-21(19)23)25-15-17-26(18-16-25)32(29,30)24-14-6-10-20-8-2-4-12-22(20)24/h1-14H,15-18H2. The predicted molar refractivity (Wildman–Crippen MR) is 125 cm³/mol. The van der Waals surface area contributed by atoms with E-state index in [1.165, 1.54) is 8.61 Å². The van der Waals surface area contributed by atoms with E-state index in [4.69, 9.17) is 0 Å². The van der Waals surface area contributed by atoms with Crippen LogP contribution in [0.1, 0.15) is 0 Å². The van der Waals surface area contributed by atoms with Crippen molar-refractivity contribution in [2.24, 2.45) is 0 Å². The molecule has 0 atom stereocenters. The summed E-state index contributed by atoms with van der Waals surface area (Å²) in [5.74, 6) is 0. The normalized spacial score (nSPS) is 16.5. The van der Waals surface area contributed by atoms with Crippen molar-refractivity contribution >= 4 is 41.6 Å². The zero-order valence-electron chi connectivity index (χ0n) is 17.3. The van der Waals surface area contributed by atoms with Crippen molar-refractivity contribution in [3.63, 3.8) is 0 Å². The number of piperazine rings is 1. The molecule has 5 rings (SSSR count). The van der Waals surface area contributed by atoms with E-state index in [-0.39, 0.29) is 36.0 Å². The second-order valence-electron chi connectivity index (χ2n) is 7.76. The van der Waals surface area contributed by atoms with Gasteiger partial charge in [0, 0.05) is 37.0 Å². The van der Waals surface area contributed by atoms with Gasteiger partial charge >= 0.3 is 0 Å². The third-order valence-corrected chi connectivity index (χ3v) is 9.85. The third kappa shape index (κ3) is 3.49. The van der Waals surface area contributed by atoms with Crippen LogP contribution in [0.25, 0.3) is 21.5 Å². The molecule has 1 aliphatic rings. The summed E-state index contributed by atoms with van der Waals surface area (Å²) in [6, 6.07) is 25.2. The summed E-state index contributed by atoms with van der Waals surface area (Å²) in [5.41, 5.74) is 0. The van der Waals surface area contributed by atoms with Crippen LogP contribution in [0.4, 0.5) is 0 Å². The molecule has 0 N–H and O–H groups in total. The summed E-state index contributed by atoms with van der Waals surface area (Å²) in [5, 5.41) is 3.04. The van der Waals surface area contributed by atoms with Gasteiger partial charge in [0.15, 0.2) is 0 Å². The number of nitrogens with zero attached hydrogens (tertiary/aromatic N) is 2. The van der Waals surface area contributed by atoms with Gasteiger partial charge in [-0.1, -0.05) is 72.8 Å². The highest BCUT2D eigenvalue weighted by Gasteiger charge is 2.34. The number of hydrogen-bond donors (Lipinski definition) is 0. The van der Waals surface area contributed by atoms with Crippen LogP contribution in [0.2, 0.25) is 0 Å². The first-order valence-corrected chi connectivity index (χ1v) is 13.2. The summed E-state index contributed by atoms with van der Waals surface area (Å²) in [6.07, 6.45) is 0. The lowest BCUT2D eigenvalue weighted by molar-refractivity contribution is 0.273. The van der Waals surface area contributed by atoms with E-state index in [1.54, 1.807) is 36.4 Å². The summed E-state index contributed by atoms with van der Waals surface area (Å²) >= 11 is 0. The van der Waals surface area contributed by atoms with E-state index in [0.717, 1.165) is 10.8 Å². The minimum atomic E-state index is -3.75. The van der Waals surface area contributed by atoms with Gasteiger partial charge in [-0.25, -0.2) is 16.8 Å². The maximum absolute atomic E-state index is 13.4. The Labute approximate surface area is 187 Å². The van der Waals surface area contributed by atoms with Gasteiger partial charge in [0.25, 0.3) is 0 Å². The molecular formula is C24H22N2O4S2. The molecule has 0 amide bonds. The Morgan fingerprint density at radius 1 is 0.469 bits per heavy atom. The van der Waals surface area contributed by atoms with Crippen LogP contribution < -0.4 is 0 Å². The van der Waals surface area contributed by atoms with Crippen LogP contribution in [0.15, 0.2) is 94.7 Å². The first kappa shape index (κ1) is 21.1. The molecule has 1 saturated heterocycles. The van der Waals surface area contributed by atoms with Crippen LogP contribution in [0.3, 0.4) is 0 Å². The molecule has 1 aliphatic heterocycles. The van der Waals surface area contributed by atoms with Crippen LogP contribution in [0, 0.1) is 0 Å². The molecule has 4 aromatic rings. The lowest BCUT2D eigenvalue weighted by atomic mass is 10.1. The second kappa shape index (κ2) is 7.97. The highest BCUT2D eigenvalue weighted by molar-refractivity contribution is 7.89. The molecule has 4 aromatic carbocycles. The van der Waals surface area contributed by atoms with Crippen molar-refractivity contribution < 1.29 is 16.8 Å². The van der Waals surface area contributed by atoms with Crippen LogP contribution in [0.5, 0.6) is 0 Å². The number of rotatable bonds is 4. The highest BCUT2D eigenvalue weighted by atomic mass is 32.2. The summed E-state index contributed by atoms with van der Waals surface area (Å²) in [7, 11) is -7.49. The molecule has 8 heteroatoms. The third-order valence-electron chi connectivity index (χ3n) is 5.93. The fourth-order valence-electron chi connectivity index (χ4n) is 4.27. The summed E-state index contributed by atoms with van der Waals surface area (Å²) in [4.78, 5) is 0.502. The van der Waals surface area contributed by atoms with Crippen LogP contribution in [-0.2, 0) is 20.0 Å². The van der Waals surface area contributed by atoms with Crippen molar-refractivity contribution in [3.05, 3.63) is 84.9 Å². The Bertz CT molecular complexity index is 1400. The number of hydrogen-bond acceptors (Lipinski definition) is 4. The SMILES string of the molecule is O=S(=O)(c1cccc2ccccc12)N1CCN(S(=O)(=O)c2cccc3ccccc23)CC1. The van der Waals surface area contributed by atoms with E-state index < -0.39 is 20.0 Å². The maximum atomic E-state index is 13.4. The average Bonchev–Trinajstić information content (AvgIpc) is 2.83. The first-order chi connectivity index (χ1) is 15.4. The minimum absolute atomic E-state index is 0.107. The number of benzene rings is 4. The molecule has 6 nitrogen and oxygen atoms in total. The molecule has 1 heterocycles. The molecule has 164 valence electrons. The van der Waals surface area contributed by atoms with Gasteiger partial charge in [-0.15, -0.1) is 0 Å². The maximum Gasteiger partial charge on any atom is 0.243 e. The van der Waals surface area contributed by atoms with E-state index in [1.807, 2.05) is 48.5 Å². The van der Waals surface area contributed by atoms with E-state index in [2.05, 4.69) is 0 Å². The molecule has 0 saturated carbocycles.